The Bertz CT molecular complexity index is 941. The molecular weight excluding hydrogens is 386 g/mol. The predicted molar refractivity (Wildman–Crippen MR) is 114 cm³/mol. The molecule has 1 aromatic heterocycles. The van der Waals surface area contributed by atoms with Crippen molar-refractivity contribution in [3.05, 3.63) is 83.1 Å². The van der Waals surface area contributed by atoms with Gasteiger partial charge in [-0.3, -0.25) is 4.79 Å². The Morgan fingerprint density at radius 1 is 1.03 bits per heavy atom. The van der Waals surface area contributed by atoms with Crippen LogP contribution in [0.2, 0.25) is 5.02 Å². The lowest BCUT2D eigenvalue weighted by atomic mass is 9.74. The molecule has 0 atom stereocenters. The van der Waals surface area contributed by atoms with Gasteiger partial charge in [0.05, 0.1) is 6.26 Å². The summed E-state index contributed by atoms with van der Waals surface area (Å²) in [6.07, 6.45) is 3.99. The van der Waals surface area contributed by atoms with Gasteiger partial charge in [0, 0.05) is 41.3 Å². The summed E-state index contributed by atoms with van der Waals surface area (Å²) in [6.45, 7) is 1.41. The monoisotopic (exact) mass is 409 g/mol. The van der Waals surface area contributed by atoms with Crippen LogP contribution in [0.1, 0.15) is 28.8 Å². The van der Waals surface area contributed by atoms with E-state index in [2.05, 4.69) is 0 Å². The van der Waals surface area contributed by atoms with Crippen LogP contribution in [0.25, 0.3) is 11.3 Å². The highest BCUT2D eigenvalue weighted by molar-refractivity contribution is 6.30. The van der Waals surface area contributed by atoms with Crippen molar-refractivity contribution in [3.8, 4) is 11.3 Å². The van der Waals surface area contributed by atoms with Crippen molar-refractivity contribution in [2.45, 2.75) is 19.3 Å². The van der Waals surface area contributed by atoms with Crippen LogP contribution >= 0.6 is 11.6 Å². The minimum absolute atomic E-state index is 0.0361. The van der Waals surface area contributed by atoms with Crippen molar-refractivity contribution in [3.63, 3.8) is 0 Å². The Balaban J connectivity index is 1.40. The Labute approximate surface area is 175 Å². The summed E-state index contributed by atoms with van der Waals surface area (Å²) in [7, 11) is 0. The second-order valence-corrected chi connectivity index (χ2v) is 8.24. The molecule has 1 aliphatic rings. The van der Waals surface area contributed by atoms with Crippen molar-refractivity contribution < 1.29 is 14.3 Å². The quantitative estimate of drug-likeness (QED) is 0.641. The molecule has 1 saturated heterocycles. The van der Waals surface area contributed by atoms with E-state index in [1.165, 1.54) is 0 Å². The number of benzene rings is 2. The Hall–Kier alpha value is -2.56. The standard InChI is InChI=1S/C24H24ClNO3/c25-21-9-3-18(4-10-21)16-24(17-27)11-13-26(14-12-24)23(28)20-7-5-19(6-8-20)22-2-1-15-29-22/h1-10,15,27H,11-14,16-17H2. The van der Waals surface area contributed by atoms with Crippen molar-refractivity contribution in [2.24, 2.45) is 5.41 Å². The van der Waals surface area contributed by atoms with Crippen LogP contribution in [0.4, 0.5) is 0 Å². The van der Waals surface area contributed by atoms with E-state index in [4.69, 9.17) is 16.0 Å². The van der Waals surface area contributed by atoms with Crippen LogP contribution in [-0.2, 0) is 6.42 Å². The summed E-state index contributed by atoms with van der Waals surface area (Å²) < 4.78 is 5.40. The average molecular weight is 410 g/mol. The minimum atomic E-state index is -0.187. The van der Waals surface area contributed by atoms with Crippen LogP contribution in [0.5, 0.6) is 0 Å². The number of piperidine rings is 1. The number of carbonyl (C=O) groups is 1. The zero-order valence-electron chi connectivity index (χ0n) is 16.2. The molecule has 5 heteroatoms. The van der Waals surface area contributed by atoms with Gasteiger partial charge in [-0.25, -0.2) is 0 Å². The van der Waals surface area contributed by atoms with Crippen LogP contribution in [0.15, 0.2) is 71.3 Å². The third-order valence-electron chi connectivity index (χ3n) is 5.88. The number of nitrogens with zero attached hydrogens (tertiary/aromatic N) is 1. The lowest BCUT2D eigenvalue weighted by molar-refractivity contribution is 0.0358. The van der Waals surface area contributed by atoms with Crippen molar-refractivity contribution >= 4 is 17.5 Å². The fourth-order valence-corrected chi connectivity index (χ4v) is 4.14. The van der Waals surface area contributed by atoms with Gasteiger partial charge in [-0.15, -0.1) is 0 Å². The molecule has 1 fully saturated rings. The van der Waals surface area contributed by atoms with E-state index in [9.17, 15) is 9.90 Å². The normalized spacial score (nSPS) is 16.0. The topological polar surface area (TPSA) is 53.7 Å². The van der Waals surface area contributed by atoms with Gasteiger partial charge >= 0.3 is 0 Å². The number of rotatable bonds is 5. The molecule has 0 radical (unpaired) electrons. The molecule has 4 nitrogen and oxygen atoms in total. The van der Waals surface area contributed by atoms with E-state index in [1.54, 1.807) is 6.26 Å². The average Bonchev–Trinajstić information content (AvgIpc) is 3.30. The maximum Gasteiger partial charge on any atom is 0.253 e. The Morgan fingerprint density at radius 3 is 2.31 bits per heavy atom. The van der Waals surface area contributed by atoms with Crippen LogP contribution < -0.4 is 0 Å². The molecule has 2 heterocycles. The van der Waals surface area contributed by atoms with Gasteiger partial charge < -0.3 is 14.4 Å². The number of aliphatic hydroxyl groups is 1. The molecule has 4 rings (SSSR count). The lowest BCUT2D eigenvalue weighted by Crippen LogP contribution is -2.45. The first kappa shape index (κ1) is 19.7. The number of likely N-dealkylation sites (tertiary alicyclic amines) is 1. The summed E-state index contributed by atoms with van der Waals surface area (Å²) in [5, 5.41) is 10.8. The van der Waals surface area contributed by atoms with E-state index in [-0.39, 0.29) is 17.9 Å². The van der Waals surface area contributed by atoms with Crippen LogP contribution in [0.3, 0.4) is 0 Å². The maximum atomic E-state index is 12.9. The van der Waals surface area contributed by atoms with E-state index >= 15 is 0 Å². The third-order valence-corrected chi connectivity index (χ3v) is 6.13. The summed E-state index contributed by atoms with van der Waals surface area (Å²) >= 11 is 5.98. The first-order chi connectivity index (χ1) is 14.1. The number of furan rings is 1. The molecule has 2 aromatic carbocycles. The molecule has 1 aliphatic heterocycles. The number of amides is 1. The fraction of sp³-hybridized carbons (Fsp3) is 0.292. The van der Waals surface area contributed by atoms with E-state index in [0.29, 0.717) is 23.7 Å². The first-order valence-corrected chi connectivity index (χ1v) is 10.2. The number of aliphatic hydroxyl groups excluding tert-OH is 1. The molecule has 0 aliphatic carbocycles. The van der Waals surface area contributed by atoms with Gasteiger partial charge in [0.15, 0.2) is 0 Å². The van der Waals surface area contributed by atoms with Crippen molar-refractivity contribution in [1.29, 1.82) is 0 Å². The van der Waals surface area contributed by atoms with E-state index in [0.717, 1.165) is 36.1 Å². The number of halogens is 1. The molecule has 0 saturated carbocycles. The highest BCUT2D eigenvalue weighted by Crippen LogP contribution is 2.35. The fourth-order valence-electron chi connectivity index (χ4n) is 4.01. The SMILES string of the molecule is O=C(c1ccc(-c2ccco2)cc1)N1CCC(CO)(Cc2ccc(Cl)cc2)CC1. The molecule has 150 valence electrons. The zero-order chi connectivity index (χ0) is 20.3. The zero-order valence-corrected chi connectivity index (χ0v) is 16.9. The number of carbonyl (C=O) groups excluding carboxylic acids is 1. The van der Waals surface area contributed by atoms with Crippen LogP contribution in [-0.4, -0.2) is 35.6 Å². The summed E-state index contributed by atoms with van der Waals surface area (Å²) in [6, 6.07) is 19.1. The second kappa shape index (κ2) is 8.44. The molecule has 3 aromatic rings. The van der Waals surface area contributed by atoms with Crippen molar-refractivity contribution in [2.75, 3.05) is 19.7 Å². The summed E-state index contributed by atoms with van der Waals surface area (Å²) in [5.41, 5.74) is 2.60. The molecule has 29 heavy (non-hydrogen) atoms. The molecule has 1 N–H and O–H groups in total. The molecular formula is C24H24ClNO3. The third kappa shape index (κ3) is 4.39. The minimum Gasteiger partial charge on any atom is -0.464 e. The summed E-state index contributed by atoms with van der Waals surface area (Å²) in [5.74, 6) is 0.825. The van der Waals surface area contributed by atoms with Gasteiger partial charge in [-0.05, 0) is 61.2 Å². The Kier molecular flexibility index (Phi) is 5.74. The molecule has 1 amide bonds. The van der Waals surface area contributed by atoms with Crippen molar-refractivity contribution in [1.82, 2.24) is 4.90 Å². The van der Waals surface area contributed by atoms with Crippen LogP contribution in [0, 0.1) is 5.41 Å². The van der Waals surface area contributed by atoms with Gasteiger partial charge in [0.2, 0.25) is 0 Å². The number of hydrogen-bond donors (Lipinski definition) is 1. The summed E-state index contributed by atoms with van der Waals surface area (Å²) in [4.78, 5) is 14.8. The van der Waals surface area contributed by atoms with Gasteiger partial charge in [-0.1, -0.05) is 35.9 Å². The van der Waals surface area contributed by atoms with Gasteiger partial charge in [0.1, 0.15) is 5.76 Å². The lowest BCUT2D eigenvalue weighted by Gasteiger charge is -2.41. The van der Waals surface area contributed by atoms with Gasteiger partial charge in [-0.2, -0.15) is 0 Å². The van der Waals surface area contributed by atoms with Gasteiger partial charge in [0.25, 0.3) is 5.91 Å². The van der Waals surface area contributed by atoms with E-state index < -0.39 is 0 Å². The largest absolute Gasteiger partial charge is 0.464 e. The predicted octanol–water partition coefficient (Wildman–Crippen LogP) is 5.06. The maximum absolute atomic E-state index is 12.9. The Morgan fingerprint density at radius 2 is 1.72 bits per heavy atom. The molecule has 0 spiro atoms. The smallest absolute Gasteiger partial charge is 0.253 e. The highest BCUT2D eigenvalue weighted by Gasteiger charge is 2.35. The molecule has 0 unspecified atom stereocenters. The van der Waals surface area contributed by atoms with E-state index in [1.807, 2.05) is 65.6 Å². The molecule has 0 bridgehead atoms. The first-order valence-electron chi connectivity index (χ1n) is 9.87. The highest BCUT2D eigenvalue weighted by atomic mass is 35.5. The number of hydrogen-bond acceptors (Lipinski definition) is 3. The second-order valence-electron chi connectivity index (χ2n) is 7.81.